The van der Waals surface area contributed by atoms with Crippen LogP contribution in [0.25, 0.3) is 0 Å². The Labute approximate surface area is 84.6 Å². The lowest BCUT2D eigenvalue weighted by Gasteiger charge is -2.20. The van der Waals surface area contributed by atoms with Gasteiger partial charge in [0.25, 0.3) is 10.1 Å². The lowest BCUT2D eigenvalue weighted by Crippen LogP contribution is -2.40. The molecule has 0 spiro atoms. The molecule has 0 saturated carbocycles. The molecule has 0 bridgehead atoms. The molecule has 0 aliphatic rings. The third kappa shape index (κ3) is 9.47. The fourth-order valence-electron chi connectivity index (χ4n) is 0.896. The van der Waals surface area contributed by atoms with Gasteiger partial charge in [-0.05, 0) is 27.2 Å². The molecule has 0 aromatic rings. The largest absolute Gasteiger partial charge is 0.352 e. The van der Waals surface area contributed by atoms with E-state index in [9.17, 15) is 13.2 Å². The molecule has 0 aliphatic carbocycles. The quantitative estimate of drug-likeness (QED) is 0.682. The molecule has 0 heterocycles. The van der Waals surface area contributed by atoms with Crippen molar-refractivity contribution >= 4 is 16.0 Å². The van der Waals surface area contributed by atoms with Gasteiger partial charge in [-0.1, -0.05) is 0 Å². The Balaban J connectivity index is 3.77. The van der Waals surface area contributed by atoms with Gasteiger partial charge in [-0.3, -0.25) is 9.35 Å². The predicted octanol–water partition coefficient (Wildman–Crippen LogP) is 0.569. The topological polar surface area (TPSA) is 83.5 Å². The van der Waals surface area contributed by atoms with Crippen molar-refractivity contribution in [2.24, 2.45) is 0 Å². The van der Waals surface area contributed by atoms with Gasteiger partial charge in [0.05, 0.1) is 5.75 Å². The van der Waals surface area contributed by atoms with Crippen molar-refractivity contribution in [2.75, 3.05) is 5.75 Å². The first kappa shape index (κ1) is 13.4. The van der Waals surface area contributed by atoms with E-state index in [2.05, 4.69) is 5.32 Å². The monoisotopic (exact) mass is 223 g/mol. The van der Waals surface area contributed by atoms with Crippen molar-refractivity contribution in [2.45, 2.75) is 39.2 Å². The van der Waals surface area contributed by atoms with Gasteiger partial charge in [-0.15, -0.1) is 0 Å². The molecule has 6 heteroatoms. The summed E-state index contributed by atoms with van der Waals surface area (Å²) in [7, 11) is -3.94. The van der Waals surface area contributed by atoms with Gasteiger partial charge in [0, 0.05) is 12.0 Å². The Bertz CT molecular complexity index is 289. The third-order valence-electron chi connectivity index (χ3n) is 1.32. The molecule has 0 aromatic carbocycles. The van der Waals surface area contributed by atoms with Crippen molar-refractivity contribution in [1.82, 2.24) is 5.32 Å². The molecule has 0 atom stereocenters. The summed E-state index contributed by atoms with van der Waals surface area (Å²) in [4.78, 5) is 11.2. The normalized spacial score (nSPS) is 12.6. The third-order valence-corrected chi connectivity index (χ3v) is 2.13. The molecule has 0 aromatic heterocycles. The Kier molecular flexibility index (Phi) is 4.54. The van der Waals surface area contributed by atoms with Crippen LogP contribution in [0.15, 0.2) is 0 Å². The highest BCUT2D eigenvalue weighted by Gasteiger charge is 2.14. The summed E-state index contributed by atoms with van der Waals surface area (Å²) >= 11 is 0. The van der Waals surface area contributed by atoms with E-state index in [0.717, 1.165) is 0 Å². The van der Waals surface area contributed by atoms with Crippen LogP contribution in [-0.2, 0) is 14.9 Å². The number of rotatable bonds is 4. The SMILES string of the molecule is CC(C)(C)NC(=O)CCCS(=O)(=O)O. The van der Waals surface area contributed by atoms with E-state index in [1.807, 2.05) is 20.8 Å². The zero-order valence-corrected chi connectivity index (χ0v) is 9.52. The van der Waals surface area contributed by atoms with Gasteiger partial charge in [-0.25, -0.2) is 0 Å². The Morgan fingerprint density at radius 2 is 1.86 bits per heavy atom. The maximum atomic E-state index is 11.2. The maximum absolute atomic E-state index is 11.2. The molecule has 1 amide bonds. The number of amides is 1. The number of hydrogen-bond donors (Lipinski definition) is 2. The number of carbonyl (C=O) groups is 1. The van der Waals surface area contributed by atoms with Gasteiger partial charge in [0.2, 0.25) is 5.91 Å². The summed E-state index contributed by atoms with van der Waals surface area (Å²) in [5.41, 5.74) is -0.310. The highest BCUT2D eigenvalue weighted by molar-refractivity contribution is 7.85. The first-order valence-electron chi connectivity index (χ1n) is 4.36. The van der Waals surface area contributed by atoms with Crippen molar-refractivity contribution in [3.8, 4) is 0 Å². The van der Waals surface area contributed by atoms with Crippen LogP contribution in [0.2, 0.25) is 0 Å². The van der Waals surface area contributed by atoms with Crippen molar-refractivity contribution in [3.63, 3.8) is 0 Å². The number of nitrogens with one attached hydrogen (secondary N) is 1. The van der Waals surface area contributed by atoms with Crippen molar-refractivity contribution in [1.29, 1.82) is 0 Å². The molecule has 2 N–H and O–H groups in total. The van der Waals surface area contributed by atoms with Crippen LogP contribution in [-0.4, -0.2) is 30.2 Å². The van der Waals surface area contributed by atoms with Gasteiger partial charge < -0.3 is 5.32 Å². The lowest BCUT2D eigenvalue weighted by atomic mass is 10.1. The van der Waals surface area contributed by atoms with E-state index in [0.29, 0.717) is 0 Å². The highest BCUT2D eigenvalue weighted by Crippen LogP contribution is 2.01. The lowest BCUT2D eigenvalue weighted by molar-refractivity contribution is -0.122. The summed E-state index contributed by atoms with van der Waals surface area (Å²) in [5.74, 6) is -0.578. The van der Waals surface area contributed by atoms with E-state index < -0.39 is 10.1 Å². The fourth-order valence-corrected chi connectivity index (χ4v) is 1.41. The van der Waals surface area contributed by atoms with Crippen LogP contribution in [0.5, 0.6) is 0 Å². The summed E-state index contributed by atoms with van der Waals surface area (Å²) < 4.78 is 29.0. The summed E-state index contributed by atoms with van der Waals surface area (Å²) in [5, 5.41) is 2.69. The second-order valence-corrected chi connectivity index (χ2v) is 5.76. The van der Waals surface area contributed by atoms with Crippen LogP contribution < -0.4 is 5.32 Å². The molecule has 84 valence electrons. The fraction of sp³-hybridized carbons (Fsp3) is 0.875. The van der Waals surface area contributed by atoms with Gasteiger partial charge in [0.15, 0.2) is 0 Å². The minimum atomic E-state index is -3.94. The molecular weight excluding hydrogens is 206 g/mol. The van der Waals surface area contributed by atoms with Gasteiger partial charge in [-0.2, -0.15) is 8.42 Å². The zero-order chi connectivity index (χ0) is 11.4. The molecule has 0 fully saturated rings. The van der Waals surface area contributed by atoms with E-state index in [1.54, 1.807) is 0 Å². The van der Waals surface area contributed by atoms with Crippen molar-refractivity contribution < 1.29 is 17.8 Å². The molecule has 0 saturated heterocycles. The van der Waals surface area contributed by atoms with Crippen LogP contribution in [0, 0.1) is 0 Å². The first-order chi connectivity index (χ1) is 6.10. The average Bonchev–Trinajstić information content (AvgIpc) is 1.78. The van der Waals surface area contributed by atoms with E-state index in [-0.39, 0.29) is 30.0 Å². The summed E-state index contributed by atoms with van der Waals surface area (Å²) in [6, 6.07) is 0. The summed E-state index contributed by atoms with van der Waals surface area (Å²) in [6.45, 7) is 5.52. The minimum absolute atomic E-state index is 0.108. The second kappa shape index (κ2) is 4.75. The van der Waals surface area contributed by atoms with E-state index in [1.165, 1.54) is 0 Å². The molecule has 5 nitrogen and oxygen atoms in total. The van der Waals surface area contributed by atoms with E-state index >= 15 is 0 Å². The molecule has 0 radical (unpaired) electrons. The first-order valence-corrected chi connectivity index (χ1v) is 5.97. The Morgan fingerprint density at radius 1 is 1.36 bits per heavy atom. The maximum Gasteiger partial charge on any atom is 0.264 e. The number of carbonyl (C=O) groups excluding carboxylic acids is 1. The van der Waals surface area contributed by atoms with Crippen LogP contribution in [0.1, 0.15) is 33.6 Å². The molecule has 14 heavy (non-hydrogen) atoms. The van der Waals surface area contributed by atoms with Gasteiger partial charge in [0.1, 0.15) is 0 Å². The van der Waals surface area contributed by atoms with Crippen molar-refractivity contribution in [3.05, 3.63) is 0 Å². The predicted molar refractivity (Wildman–Crippen MR) is 53.5 cm³/mol. The zero-order valence-electron chi connectivity index (χ0n) is 8.70. The summed E-state index contributed by atoms with van der Waals surface area (Å²) in [6.07, 6.45) is 0.248. The smallest absolute Gasteiger partial charge is 0.264 e. The minimum Gasteiger partial charge on any atom is -0.352 e. The molecule has 0 unspecified atom stereocenters. The second-order valence-electron chi connectivity index (χ2n) is 4.19. The standard InChI is InChI=1S/C8H17NO4S/c1-8(2,3)9-7(10)5-4-6-14(11,12)13/h4-6H2,1-3H3,(H,9,10)(H,11,12,13). The van der Waals surface area contributed by atoms with Gasteiger partial charge >= 0.3 is 0 Å². The molecule has 0 aliphatic heterocycles. The molecular formula is C8H17NO4S. The van der Waals surface area contributed by atoms with E-state index in [4.69, 9.17) is 4.55 Å². The van der Waals surface area contributed by atoms with Crippen LogP contribution in [0.3, 0.4) is 0 Å². The van der Waals surface area contributed by atoms with Crippen LogP contribution in [0.4, 0.5) is 0 Å². The number of hydrogen-bond acceptors (Lipinski definition) is 3. The molecule has 0 rings (SSSR count). The Morgan fingerprint density at radius 3 is 2.21 bits per heavy atom. The highest BCUT2D eigenvalue weighted by atomic mass is 32.2. The Hall–Kier alpha value is -0.620. The average molecular weight is 223 g/mol. The van der Waals surface area contributed by atoms with Crippen LogP contribution >= 0.6 is 0 Å².